The first-order valence-electron chi connectivity index (χ1n) is 10.3. The quantitative estimate of drug-likeness (QED) is 0.343. The van der Waals surface area contributed by atoms with Crippen LogP contribution in [0.3, 0.4) is 0 Å². The van der Waals surface area contributed by atoms with Gasteiger partial charge >= 0.3 is 17.8 Å². The van der Waals surface area contributed by atoms with Crippen LogP contribution in [0.5, 0.6) is 0 Å². The topological polar surface area (TPSA) is 130 Å². The number of halogens is 5. The van der Waals surface area contributed by atoms with Gasteiger partial charge in [0.2, 0.25) is 5.82 Å². The minimum Gasteiger partial charge on any atom is -0.463 e. The predicted octanol–water partition coefficient (Wildman–Crippen LogP) is 2.75. The van der Waals surface area contributed by atoms with Gasteiger partial charge in [-0.3, -0.25) is 9.55 Å². The Bertz CT molecular complexity index is 1500. The van der Waals surface area contributed by atoms with Crippen molar-refractivity contribution in [3.05, 3.63) is 74.9 Å². The Hall–Kier alpha value is -3.75. The number of hydrogen-bond donors (Lipinski definition) is 1. The molecule has 0 fully saturated rings. The van der Waals surface area contributed by atoms with E-state index in [4.69, 9.17) is 27.9 Å². The summed E-state index contributed by atoms with van der Waals surface area (Å²) in [6, 6.07) is 7.31. The summed E-state index contributed by atoms with van der Waals surface area (Å²) in [7, 11) is 1.13. The van der Waals surface area contributed by atoms with Crippen molar-refractivity contribution in [2.24, 2.45) is 0 Å². The van der Waals surface area contributed by atoms with Crippen molar-refractivity contribution >= 4 is 29.2 Å². The highest BCUT2D eigenvalue weighted by molar-refractivity contribution is 6.32. The van der Waals surface area contributed by atoms with E-state index in [0.717, 1.165) is 16.5 Å². The van der Waals surface area contributed by atoms with Crippen LogP contribution in [0.15, 0.2) is 47.5 Å². The summed E-state index contributed by atoms with van der Waals surface area (Å²) < 4.78 is 46.5. The summed E-state index contributed by atoms with van der Waals surface area (Å²) in [5.41, 5.74) is -0.470. The van der Waals surface area contributed by atoms with Crippen molar-refractivity contribution in [1.29, 1.82) is 0 Å². The smallest absolute Gasteiger partial charge is 0.416 e. The van der Waals surface area contributed by atoms with Gasteiger partial charge in [-0.15, -0.1) is 10.2 Å². The van der Waals surface area contributed by atoms with Gasteiger partial charge in [-0.1, -0.05) is 23.2 Å². The number of rotatable bonds is 7. The van der Waals surface area contributed by atoms with Crippen LogP contribution in [0.2, 0.25) is 10.0 Å². The molecule has 0 aliphatic heterocycles. The summed E-state index contributed by atoms with van der Waals surface area (Å²) >= 11 is 12.1. The van der Waals surface area contributed by atoms with E-state index >= 15 is 0 Å². The molecule has 16 heteroatoms. The second-order valence-electron chi connectivity index (χ2n) is 7.52. The minimum atomic E-state index is -4.97. The summed E-state index contributed by atoms with van der Waals surface area (Å²) in [6.07, 6.45) is -5.08. The van der Waals surface area contributed by atoms with Gasteiger partial charge in [0.1, 0.15) is 6.54 Å². The lowest BCUT2D eigenvalue weighted by atomic mass is 10.2. The maximum atomic E-state index is 13.1. The molecule has 0 radical (unpaired) electrons. The van der Waals surface area contributed by atoms with Crippen LogP contribution < -0.4 is 5.69 Å². The Morgan fingerprint density at radius 2 is 1.86 bits per heavy atom. The van der Waals surface area contributed by atoms with E-state index in [1.165, 1.54) is 42.7 Å². The molecule has 37 heavy (non-hydrogen) atoms. The van der Waals surface area contributed by atoms with E-state index in [1.54, 1.807) is 0 Å². The van der Waals surface area contributed by atoms with Gasteiger partial charge in [-0.25, -0.2) is 23.9 Å². The van der Waals surface area contributed by atoms with Gasteiger partial charge in [0.05, 0.1) is 24.4 Å². The Labute approximate surface area is 215 Å². The largest absolute Gasteiger partial charge is 0.463 e. The maximum absolute atomic E-state index is 13.1. The van der Waals surface area contributed by atoms with E-state index in [2.05, 4.69) is 20.2 Å². The normalized spacial score (nSPS) is 12.5. The molecular weight excluding hydrogens is 542 g/mol. The number of hydrogen-bond acceptors (Lipinski definition) is 8. The third-order valence-corrected chi connectivity index (χ3v) is 5.59. The number of esters is 1. The second kappa shape index (κ2) is 10.3. The molecule has 0 spiro atoms. The van der Waals surface area contributed by atoms with Crippen molar-refractivity contribution in [2.75, 3.05) is 7.11 Å². The molecule has 194 valence electrons. The molecule has 1 N–H and O–H groups in total. The van der Waals surface area contributed by atoms with Crippen molar-refractivity contribution in [2.45, 2.75) is 25.4 Å². The van der Waals surface area contributed by atoms with Crippen LogP contribution in [0.4, 0.5) is 13.2 Å². The molecule has 4 rings (SSSR count). The standard InChI is InChI=1S/C21H16Cl2F3N7O4/c1-37-19(35)18-28-16(29-33(18)14-6-7-27-8-13(14)23)10-32-20(36)31(9-15(34)21(24,25)26)17(30-32)11-2-4-12(22)5-3-11/h2-8,15,34H,9-10H2,1H3. The number of aromatic nitrogens is 7. The Balaban J connectivity index is 1.79. The number of pyridine rings is 1. The minimum absolute atomic E-state index is 0.0981. The molecule has 1 aromatic carbocycles. The van der Waals surface area contributed by atoms with Crippen LogP contribution >= 0.6 is 23.2 Å². The molecular formula is C21H16Cl2F3N7O4. The van der Waals surface area contributed by atoms with E-state index in [9.17, 15) is 27.9 Å². The average molecular weight is 558 g/mol. The molecule has 0 bridgehead atoms. The molecule has 0 saturated carbocycles. The average Bonchev–Trinajstić information content (AvgIpc) is 3.40. The van der Waals surface area contributed by atoms with Crippen molar-refractivity contribution in [3.8, 4) is 17.1 Å². The number of ether oxygens (including phenoxy) is 1. The fourth-order valence-corrected chi connectivity index (χ4v) is 3.61. The molecule has 0 aliphatic rings. The van der Waals surface area contributed by atoms with Gasteiger partial charge in [0.25, 0.3) is 0 Å². The summed E-state index contributed by atoms with van der Waals surface area (Å²) in [4.78, 5) is 33.3. The molecule has 3 aromatic heterocycles. The third-order valence-electron chi connectivity index (χ3n) is 5.05. The monoisotopic (exact) mass is 557 g/mol. The highest BCUT2D eigenvalue weighted by Gasteiger charge is 2.39. The number of aliphatic hydroxyl groups is 1. The Morgan fingerprint density at radius 1 is 1.16 bits per heavy atom. The van der Waals surface area contributed by atoms with Gasteiger partial charge in [0.15, 0.2) is 17.8 Å². The van der Waals surface area contributed by atoms with E-state index in [-0.39, 0.29) is 33.7 Å². The lowest BCUT2D eigenvalue weighted by Crippen LogP contribution is -2.37. The second-order valence-corrected chi connectivity index (χ2v) is 8.36. The van der Waals surface area contributed by atoms with Crippen LogP contribution in [0.1, 0.15) is 16.4 Å². The zero-order chi connectivity index (χ0) is 26.9. The molecule has 3 heterocycles. The lowest BCUT2D eigenvalue weighted by molar-refractivity contribution is -0.207. The van der Waals surface area contributed by atoms with Crippen molar-refractivity contribution in [3.63, 3.8) is 0 Å². The summed E-state index contributed by atoms with van der Waals surface area (Å²) in [5, 5.41) is 18.5. The van der Waals surface area contributed by atoms with Gasteiger partial charge < -0.3 is 9.84 Å². The highest BCUT2D eigenvalue weighted by Crippen LogP contribution is 2.24. The molecule has 1 unspecified atom stereocenters. The van der Waals surface area contributed by atoms with Gasteiger partial charge in [-0.2, -0.15) is 13.2 Å². The zero-order valence-electron chi connectivity index (χ0n) is 18.7. The van der Waals surface area contributed by atoms with Crippen LogP contribution in [0.25, 0.3) is 17.1 Å². The molecule has 11 nitrogen and oxygen atoms in total. The van der Waals surface area contributed by atoms with E-state index in [1.807, 2.05) is 0 Å². The lowest BCUT2D eigenvalue weighted by Gasteiger charge is -2.15. The van der Waals surface area contributed by atoms with Crippen molar-refractivity contribution < 1.29 is 27.8 Å². The maximum Gasteiger partial charge on any atom is 0.416 e. The number of nitrogens with zero attached hydrogens (tertiary/aromatic N) is 7. The number of benzene rings is 1. The first-order chi connectivity index (χ1) is 17.5. The molecule has 4 aromatic rings. The van der Waals surface area contributed by atoms with E-state index in [0.29, 0.717) is 9.59 Å². The fraction of sp³-hybridized carbons (Fsp3) is 0.238. The van der Waals surface area contributed by atoms with Gasteiger partial charge in [0, 0.05) is 23.0 Å². The number of carbonyl (C=O) groups excluding carboxylic acids is 1. The van der Waals surface area contributed by atoms with Crippen molar-refractivity contribution in [1.82, 2.24) is 34.1 Å². The Morgan fingerprint density at radius 3 is 2.49 bits per heavy atom. The van der Waals surface area contributed by atoms with Gasteiger partial charge in [-0.05, 0) is 30.3 Å². The predicted molar refractivity (Wildman–Crippen MR) is 124 cm³/mol. The Kier molecular flexibility index (Phi) is 7.34. The molecule has 0 amide bonds. The van der Waals surface area contributed by atoms with Crippen LogP contribution in [-0.4, -0.2) is 64.6 Å². The van der Waals surface area contributed by atoms with E-state index < -0.39 is 37.0 Å². The number of methoxy groups -OCH3 is 1. The number of carbonyl (C=O) groups is 1. The first kappa shape index (κ1) is 26.3. The first-order valence-corrected chi connectivity index (χ1v) is 11.1. The molecule has 0 aliphatic carbocycles. The van der Waals surface area contributed by atoms with Crippen LogP contribution in [0, 0.1) is 0 Å². The zero-order valence-corrected chi connectivity index (χ0v) is 20.2. The summed E-state index contributed by atoms with van der Waals surface area (Å²) in [6.45, 7) is -1.55. The SMILES string of the molecule is COC(=O)c1nc(Cn2nc(-c3ccc(Cl)cc3)n(CC(O)C(F)(F)F)c2=O)nn1-c1ccncc1Cl. The number of alkyl halides is 3. The van der Waals surface area contributed by atoms with Crippen LogP contribution in [-0.2, 0) is 17.8 Å². The molecule has 0 saturated heterocycles. The summed E-state index contributed by atoms with van der Waals surface area (Å²) in [5.74, 6) is -1.39. The highest BCUT2D eigenvalue weighted by atomic mass is 35.5. The molecule has 1 atom stereocenters. The third kappa shape index (κ3) is 5.50. The fourth-order valence-electron chi connectivity index (χ4n) is 3.28. The number of aliphatic hydroxyl groups excluding tert-OH is 1.